The SMILES string of the molecule is CC1(C)Oc2ccc(C#N)cc2C(n2cc(Br)cc([N+](=O)[O-])c2=O)C1(C)O. The van der Waals surface area contributed by atoms with Crippen LogP contribution < -0.4 is 10.3 Å². The molecule has 0 fully saturated rings. The zero-order chi connectivity index (χ0) is 20.1. The van der Waals surface area contributed by atoms with Crippen LogP contribution >= 0.6 is 15.9 Å². The second-order valence-electron chi connectivity index (χ2n) is 7.04. The lowest BCUT2D eigenvalue weighted by atomic mass is 9.75. The molecule has 27 heavy (non-hydrogen) atoms. The van der Waals surface area contributed by atoms with Gasteiger partial charge in [0.2, 0.25) is 0 Å². The lowest BCUT2D eigenvalue weighted by molar-refractivity contribution is -0.386. The Balaban J connectivity index is 2.39. The quantitative estimate of drug-likeness (QED) is 0.574. The fourth-order valence-corrected chi connectivity index (χ4v) is 3.67. The summed E-state index contributed by atoms with van der Waals surface area (Å²) in [7, 11) is 0. The molecule has 1 aliphatic rings. The zero-order valence-corrected chi connectivity index (χ0v) is 16.3. The average Bonchev–Trinajstić information content (AvgIpc) is 2.57. The molecule has 1 aliphatic heterocycles. The topological polar surface area (TPSA) is 118 Å². The van der Waals surface area contributed by atoms with E-state index in [0.717, 1.165) is 10.6 Å². The van der Waals surface area contributed by atoms with Crippen LogP contribution in [0.4, 0.5) is 5.69 Å². The first kappa shape index (κ1) is 19.1. The number of nitriles is 1. The van der Waals surface area contributed by atoms with E-state index in [9.17, 15) is 25.3 Å². The van der Waals surface area contributed by atoms with Gasteiger partial charge in [0.25, 0.3) is 0 Å². The predicted octanol–water partition coefficient (Wildman–Crippen LogP) is 2.90. The van der Waals surface area contributed by atoms with Gasteiger partial charge in [-0.1, -0.05) is 0 Å². The Labute approximate surface area is 162 Å². The molecule has 2 aromatic rings. The third-order valence-corrected chi connectivity index (χ3v) is 5.45. The van der Waals surface area contributed by atoms with Crippen LogP contribution in [0.2, 0.25) is 0 Å². The maximum Gasteiger partial charge on any atom is 0.335 e. The van der Waals surface area contributed by atoms with Crippen LogP contribution in [0, 0.1) is 21.4 Å². The number of nitrogens with zero attached hydrogens (tertiary/aromatic N) is 3. The van der Waals surface area contributed by atoms with E-state index in [1.807, 2.05) is 6.07 Å². The predicted molar refractivity (Wildman–Crippen MR) is 99.7 cm³/mol. The molecule has 2 atom stereocenters. The first-order chi connectivity index (χ1) is 12.5. The number of nitro groups is 1. The standard InChI is InChI=1S/C18H16BrN3O5/c1-17(2)18(3,24)15(12-6-10(8-20)4-5-14(12)27-17)21-9-11(19)7-13(16(21)23)22(25)26/h4-7,9,15,24H,1-3H3. The Bertz CT molecular complexity index is 1050. The summed E-state index contributed by atoms with van der Waals surface area (Å²) in [6.07, 6.45) is 1.39. The van der Waals surface area contributed by atoms with Gasteiger partial charge in [-0.2, -0.15) is 5.26 Å². The molecule has 9 heteroatoms. The second-order valence-corrected chi connectivity index (χ2v) is 7.96. The van der Waals surface area contributed by atoms with Crippen LogP contribution in [0.3, 0.4) is 0 Å². The molecule has 2 unspecified atom stereocenters. The van der Waals surface area contributed by atoms with E-state index in [2.05, 4.69) is 15.9 Å². The van der Waals surface area contributed by atoms with Gasteiger partial charge >= 0.3 is 11.2 Å². The minimum atomic E-state index is -1.62. The first-order valence-corrected chi connectivity index (χ1v) is 8.80. The largest absolute Gasteiger partial charge is 0.484 e. The number of pyridine rings is 1. The second kappa shape index (κ2) is 6.18. The van der Waals surface area contributed by atoms with Crippen molar-refractivity contribution in [1.29, 1.82) is 5.26 Å². The Morgan fingerprint density at radius 1 is 1.37 bits per heavy atom. The summed E-state index contributed by atoms with van der Waals surface area (Å²) in [6, 6.07) is 6.80. The van der Waals surface area contributed by atoms with Gasteiger partial charge in [0.15, 0.2) is 0 Å². The number of hydrogen-bond donors (Lipinski definition) is 1. The molecule has 140 valence electrons. The Morgan fingerprint density at radius 3 is 2.63 bits per heavy atom. The van der Waals surface area contributed by atoms with Crippen LogP contribution in [0.5, 0.6) is 5.75 Å². The normalized spacial score (nSPS) is 23.0. The molecule has 1 N–H and O–H groups in total. The summed E-state index contributed by atoms with van der Waals surface area (Å²) >= 11 is 3.19. The van der Waals surface area contributed by atoms with Crippen molar-refractivity contribution in [1.82, 2.24) is 4.57 Å². The third kappa shape index (κ3) is 2.91. The van der Waals surface area contributed by atoms with Gasteiger partial charge in [0, 0.05) is 22.3 Å². The smallest absolute Gasteiger partial charge is 0.335 e. The number of halogens is 1. The van der Waals surface area contributed by atoms with Crippen LogP contribution in [0.1, 0.15) is 37.9 Å². The summed E-state index contributed by atoms with van der Waals surface area (Å²) in [6.45, 7) is 4.83. The fourth-order valence-electron chi connectivity index (χ4n) is 3.23. The molecule has 0 spiro atoms. The highest BCUT2D eigenvalue weighted by molar-refractivity contribution is 9.10. The number of fused-ring (bicyclic) bond motifs is 1. The van der Waals surface area contributed by atoms with Gasteiger partial charge in [-0.15, -0.1) is 0 Å². The summed E-state index contributed by atoms with van der Waals surface area (Å²) in [4.78, 5) is 23.3. The molecule has 2 heterocycles. The minimum absolute atomic E-state index is 0.312. The van der Waals surface area contributed by atoms with Crippen molar-refractivity contribution in [3.8, 4) is 11.8 Å². The van der Waals surface area contributed by atoms with Gasteiger partial charge in [-0.3, -0.25) is 19.5 Å². The van der Waals surface area contributed by atoms with E-state index in [4.69, 9.17) is 4.74 Å². The van der Waals surface area contributed by atoms with Crippen LogP contribution in [0.25, 0.3) is 0 Å². The first-order valence-electron chi connectivity index (χ1n) is 8.01. The van der Waals surface area contributed by atoms with Gasteiger partial charge < -0.3 is 9.84 Å². The van der Waals surface area contributed by atoms with Crippen molar-refractivity contribution in [2.24, 2.45) is 0 Å². The van der Waals surface area contributed by atoms with E-state index >= 15 is 0 Å². The number of ether oxygens (including phenoxy) is 1. The molecular formula is C18H16BrN3O5. The summed E-state index contributed by atoms with van der Waals surface area (Å²) in [5.41, 5.74) is -3.51. The number of benzene rings is 1. The van der Waals surface area contributed by atoms with Crippen LogP contribution in [-0.4, -0.2) is 25.8 Å². The highest BCUT2D eigenvalue weighted by atomic mass is 79.9. The Kier molecular flexibility index (Phi) is 4.37. The lowest BCUT2D eigenvalue weighted by Crippen LogP contribution is -2.60. The van der Waals surface area contributed by atoms with Gasteiger partial charge in [-0.05, 0) is 54.9 Å². The molecule has 0 saturated heterocycles. The minimum Gasteiger partial charge on any atom is -0.484 e. The van der Waals surface area contributed by atoms with Gasteiger partial charge in [0.05, 0.1) is 22.6 Å². The van der Waals surface area contributed by atoms with Crippen molar-refractivity contribution < 1.29 is 14.8 Å². The van der Waals surface area contributed by atoms with Crippen molar-refractivity contribution >= 4 is 21.6 Å². The van der Waals surface area contributed by atoms with E-state index in [0.29, 0.717) is 21.3 Å². The highest BCUT2D eigenvalue weighted by Crippen LogP contribution is 2.48. The molecule has 0 aliphatic carbocycles. The Hall–Kier alpha value is -2.70. The number of aliphatic hydroxyl groups is 1. The molecule has 8 nitrogen and oxygen atoms in total. The third-order valence-electron chi connectivity index (χ3n) is 5.02. The van der Waals surface area contributed by atoms with Crippen molar-refractivity contribution in [3.63, 3.8) is 0 Å². The molecule has 0 radical (unpaired) electrons. The number of hydrogen-bond acceptors (Lipinski definition) is 6. The highest BCUT2D eigenvalue weighted by Gasteiger charge is 2.54. The van der Waals surface area contributed by atoms with Crippen LogP contribution in [-0.2, 0) is 0 Å². The Morgan fingerprint density at radius 2 is 2.04 bits per heavy atom. The zero-order valence-electron chi connectivity index (χ0n) is 14.8. The van der Waals surface area contributed by atoms with E-state index in [1.54, 1.807) is 26.0 Å². The molecule has 0 saturated carbocycles. The average molecular weight is 434 g/mol. The maximum absolute atomic E-state index is 12.8. The van der Waals surface area contributed by atoms with Gasteiger partial charge in [0.1, 0.15) is 17.0 Å². The molecular weight excluding hydrogens is 418 g/mol. The van der Waals surface area contributed by atoms with E-state index in [-0.39, 0.29) is 0 Å². The van der Waals surface area contributed by atoms with Crippen molar-refractivity contribution in [3.05, 3.63) is 66.5 Å². The number of aromatic nitrogens is 1. The molecule has 0 amide bonds. The van der Waals surface area contributed by atoms with Gasteiger partial charge in [-0.25, -0.2) is 0 Å². The van der Waals surface area contributed by atoms with E-state index in [1.165, 1.54) is 19.2 Å². The number of rotatable bonds is 2. The van der Waals surface area contributed by atoms with E-state index < -0.39 is 33.4 Å². The van der Waals surface area contributed by atoms with Crippen molar-refractivity contribution in [2.75, 3.05) is 0 Å². The summed E-state index contributed by atoms with van der Waals surface area (Å²) in [5, 5.41) is 31.8. The molecule has 0 bridgehead atoms. The summed E-state index contributed by atoms with van der Waals surface area (Å²) in [5.74, 6) is 0.394. The monoisotopic (exact) mass is 433 g/mol. The van der Waals surface area contributed by atoms with Crippen molar-refractivity contribution in [2.45, 2.75) is 38.0 Å². The molecule has 1 aromatic heterocycles. The fraction of sp³-hybridized carbons (Fsp3) is 0.333. The summed E-state index contributed by atoms with van der Waals surface area (Å²) < 4.78 is 7.34. The molecule has 1 aromatic carbocycles. The van der Waals surface area contributed by atoms with Crippen LogP contribution in [0.15, 0.2) is 39.7 Å². The molecule has 3 rings (SSSR count). The lowest BCUT2D eigenvalue weighted by Gasteiger charge is -2.49. The maximum atomic E-state index is 12.8.